The molecule has 0 saturated carbocycles. The minimum atomic E-state index is -0.227. The summed E-state index contributed by atoms with van der Waals surface area (Å²) in [6.07, 6.45) is 0. The molecule has 1 N–H and O–H groups in total. The van der Waals surface area contributed by atoms with E-state index in [1.54, 1.807) is 17.6 Å². The van der Waals surface area contributed by atoms with Gasteiger partial charge in [-0.05, 0) is 50.5 Å². The second-order valence-corrected chi connectivity index (χ2v) is 7.11. The van der Waals surface area contributed by atoms with Crippen LogP contribution in [0.5, 0.6) is 11.5 Å². The molecule has 28 heavy (non-hydrogen) atoms. The lowest BCUT2D eigenvalue weighted by Crippen LogP contribution is -2.19. The zero-order valence-electron chi connectivity index (χ0n) is 15.9. The first-order valence-electron chi connectivity index (χ1n) is 8.89. The van der Waals surface area contributed by atoms with Gasteiger partial charge in [-0.3, -0.25) is 4.79 Å². The van der Waals surface area contributed by atoms with Crippen LogP contribution in [-0.2, 0) is 6.61 Å². The van der Waals surface area contributed by atoms with Crippen molar-refractivity contribution in [3.63, 3.8) is 0 Å². The van der Waals surface area contributed by atoms with Crippen LogP contribution in [0.4, 0.5) is 5.69 Å². The number of likely N-dealkylation sites (N-methyl/N-ethyl adjacent to an activating group) is 1. The van der Waals surface area contributed by atoms with Crippen LogP contribution in [0.25, 0.3) is 0 Å². The predicted molar refractivity (Wildman–Crippen MR) is 111 cm³/mol. The third kappa shape index (κ3) is 5.80. The molecule has 0 unspecified atom stereocenters. The van der Waals surface area contributed by atoms with Gasteiger partial charge in [-0.2, -0.15) is 0 Å². The normalized spacial score (nSPS) is 10.7. The molecule has 0 atom stereocenters. The van der Waals surface area contributed by atoms with E-state index in [2.05, 4.69) is 15.2 Å². The minimum absolute atomic E-state index is 0.227. The summed E-state index contributed by atoms with van der Waals surface area (Å²) in [6, 6.07) is 14.5. The lowest BCUT2D eigenvalue weighted by Gasteiger charge is -2.12. The molecule has 7 heteroatoms. The van der Waals surface area contributed by atoms with Gasteiger partial charge in [0.1, 0.15) is 24.7 Å². The standard InChI is InChI=1S/C21H23N3O3S/c1-24(2)11-12-26-18-9-7-16(8-10-18)23-21(25)19-5-3-4-6-20(19)27-13-17-14-28-15-22-17/h3-10,14-15H,11-13H2,1-2H3,(H,23,25). The summed E-state index contributed by atoms with van der Waals surface area (Å²) in [5, 5.41) is 4.82. The Hall–Kier alpha value is -2.90. The first kappa shape index (κ1) is 19.9. The number of rotatable bonds is 9. The highest BCUT2D eigenvalue weighted by molar-refractivity contribution is 7.07. The van der Waals surface area contributed by atoms with Crippen LogP contribution in [0.1, 0.15) is 16.1 Å². The van der Waals surface area contributed by atoms with Gasteiger partial charge in [0.25, 0.3) is 5.91 Å². The van der Waals surface area contributed by atoms with Gasteiger partial charge in [0.2, 0.25) is 0 Å². The fourth-order valence-electron chi connectivity index (χ4n) is 2.42. The molecule has 0 aliphatic heterocycles. The van der Waals surface area contributed by atoms with Crippen LogP contribution >= 0.6 is 11.3 Å². The number of benzene rings is 2. The van der Waals surface area contributed by atoms with E-state index in [1.807, 2.05) is 55.9 Å². The van der Waals surface area contributed by atoms with Gasteiger partial charge in [0.15, 0.2) is 0 Å². The number of ether oxygens (including phenoxy) is 2. The number of nitrogens with one attached hydrogen (secondary N) is 1. The van der Waals surface area contributed by atoms with Gasteiger partial charge in [0, 0.05) is 17.6 Å². The number of hydrogen-bond donors (Lipinski definition) is 1. The van der Waals surface area contributed by atoms with E-state index in [0.717, 1.165) is 18.0 Å². The van der Waals surface area contributed by atoms with Crippen LogP contribution in [0, 0.1) is 0 Å². The predicted octanol–water partition coefficient (Wildman–Crippen LogP) is 3.91. The maximum atomic E-state index is 12.7. The quantitative estimate of drug-likeness (QED) is 0.593. The first-order chi connectivity index (χ1) is 13.6. The van der Waals surface area contributed by atoms with E-state index >= 15 is 0 Å². The molecule has 0 fully saturated rings. The van der Waals surface area contributed by atoms with Crippen LogP contribution in [0.15, 0.2) is 59.4 Å². The number of carbonyl (C=O) groups is 1. The molecule has 0 aliphatic carbocycles. The van der Waals surface area contributed by atoms with Crippen molar-refractivity contribution in [2.24, 2.45) is 0 Å². The molecule has 6 nitrogen and oxygen atoms in total. The molecule has 0 spiro atoms. The first-order valence-corrected chi connectivity index (χ1v) is 9.84. The molecular weight excluding hydrogens is 374 g/mol. The third-order valence-corrected chi connectivity index (χ3v) is 4.55. The Morgan fingerprint density at radius 3 is 2.61 bits per heavy atom. The van der Waals surface area contributed by atoms with Crippen molar-refractivity contribution in [1.29, 1.82) is 0 Å². The number of aromatic nitrogens is 1. The summed E-state index contributed by atoms with van der Waals surface area (Å²) in [7, 11) is 4.00. The number of anilines is 1. The second-order valence-electron chi connectivity index (χ2n) is 6.39. The van der Waals surface area contributed by atoms with Crippen molar-refractivity contribution in [3.8, 4) is 11.5 Å². The highest BCUT2D eigenvalue weighted by atomic mass is 32.1. The third-order valence-electron chi connectivity index (χ3n) is 3.91. The van der Waals surface area contributed by atoms with Crippen LogP contribution in [0.3, 0.4) is 0 Å². The lowest BCUT2D eigenvalue weighted by atomic mass is 10.2. The largest absolute Gasteiger partial charge is 0.492 e. The van der Waals surface area contributed by atoms with E-state index in [-0.39, 0.29) is 5.91 Å². The molecule has 146 valence electrons. The topological polar surface area (TPSA) is 63.7 Å². The average Bonchev–Trinajstić information content (AvgIpc) is 3.21. The Bertz CT molecular complexity index is 880. The average molecular weight is 398 g/mol. The van der Waals surface area contributed by atoms with Crippen LogP contribution in [0.2, 0.25) is 0 Å². The number of para-hydroxylation sites is 1. The highest BCUT2D eigenvalue weighted by Gasteiger charge is 2.13. The van der Waals surface area contributed by atoms with E-state index in [1.165, 1.54) is 11.3 Å². The van der Waals surface area contributed by atoms with Crippen LogP contribution < -0.4 is 14.8 Å². The van der Waals surface area contributed by atoms with Gasteiger partial charge < -0.3 is 19.7 Å². The fourth-order valence-corrected chi connectivity index (χ4v) is 2.96. The Morgan fingerprint density at radius 1 is 1.11 bits per heavy atom. The number of hydrogen-bond acceptors (Lipinski definition) is 6. The summed E-state index contributed by atoms with van der Waals surface area (Å²) in [5.41, 5.74) is 3.76. The summed E-state index contributed by atoms with van der Waals surface area (Å²) in [6.45, 7) is 1.78. The smallest absolute Gasteiger partial charge is 0.259 e. The maximum absolute atomic E-state index is 12.7. The molecule has 0 aliphatic rings. The Morgan fingerprint density at radius 2 is 1.89 bits per heavy atom. The second kappa shape index (κ2) is 9.87. The Balaban J connectivity index is 1.60. The monoisotopic (exact) mass is 397 g/mol. The van der Waals surface area contributed by atoms with Gasteiger partial charge in [-0.25, -0.2) is 4.98 Å². The maximum Gasteiger partial charge on any atom is 0.259 e. The van der Waals surface area contributed by atoms with Gasteiger partial charge >= 0.3 is 0 Å². The van der Waals surface area contributed by atoms with Crippen molar-refractivity contribution in [1.82, 2.24) is 9.88 Å². The molecule has 3 aromatic rings. The number of carbonyl (C=O) groups excluding carboxylic acids is 1. The van der Waals surface area contributed by atoms with Crippen LogP contribution in [-0.4, -0.2) is 43.0 Å². The number of thiazole rings is 1. The lowest BCUT2D eigenvalue weighted by molar-refractivity contribution is 0.102. The Kier molecular flexibility index (Phi) is 7.00. The van der Waals surface area contributed by atoms with Crippen molar-refractivity contribution in [2.75, 3.05) is 32.6 Å². The molecule has 0 bridgehead atoms. The number of amides is 1. The van der Waals surface area contributed by atoms with Gasteiger partial charge in [0.05, 0.1) is 16.8 Å². The highest BCUT2D eigenvalue weighted by Crippen LogP contribution is 2.22. The molecule has 2 aromatic carbocycles. The van der Waals surface area contributed by atoms with E-state index in [9.17, 15) is 4.79 Å². The van der Waals surface area contributed by atoms with E-state index < -0.39 is 0 Å². The van der Waals surface area contributed by atoms with Crippen molar-refractivity contribution >= 4 is 22.9 Å². The van der Waals surface area contributed by atoms with E-state index in [0.29, 0.717) is 30.2 Å². The fraction of sp³-hybridized carbons (Fsp3) is 0.238. The molecule has 1 amide bonds. The van der Waals surface area contributed by atoms with Crippen molar-refractivity contribution in [3.05, 3.63) is 70.7 Å². The summed E-state index contributed by atoms with van der Waals surface area (Å²) < 4.78 is 11.5. The molecule has 0 saturated heterocycles. The Labute approximate surface area is 168 Å². The zero-order chi connectivity index (χ0) is 19.8. The summed E-state index contributed by atoms with van der Waals surface area (Å²) in [5.74, 6) is 1.07. The summed E-state index contributed by atoms with van der Waals surface area (Å²) >= 11 is 1.51. The molecule has 3 rings (SSSR count). The molecule has 0 radical (unpaired) electrons. The van der Waals surface area contributed by atoms with Gasteiger partial charge in [-0.15, -0.1) is 11.3 Å². The van der Waals surface area contributed by atoms with Gasteiger partial charge in [-0.1, -0.05) is 12.1 Å². The molecular formula is C21H23N3O3S. The van der Waals surface area contributed by atoms with E-state index in [4.69, 9.17) is 9.47 Å². The number of nitrogens with zero attached hydrogens (tertiary/aromatic N) is 2. The SMILES string of the molecule is CN(C)CCOc1ccc(NC(=O)c2ccccc2OCc2cscn2)cc1. The minimum Gasteiger partial charge on any atom is -0.492 e. The molecule has 1 aromatic heterocycles. The van der Waals surface area contributed by atoms with Crippen molar-refractivity contribution in [2.45, 2.75) is 6.61 Å². The molecule has 1 heterocycles. The summed E-state index contributed by atoms with van der Waals surface area (Å²) in [4.78, 5) is 18.9. The zero-order valence-corrected chi connectivity index (χ0v) is 16.7. The van der Waals surface area contributed by atoms with Crippen molar-refractivity contribution < 1.29 is 14.3 Å².